The predicted molar refractivity (Wildman–Crippen MR) is 97.5 cm³/mol. The third kappa shape index (κ3) is 2.54. The molecule has 3 fully saturated rings. The zero-order chi connectivity index (χ0) is 16.7. The highest BCUT2D eigenvalue weighted by atomic mass is 32.1. The summed E-state index contributed by atoms with van der Waals surface area (Å²) in [5, 5.41) is 10.4. The topological polar surface area (TPSA) is 58.5 Å². The molecular formula is C18H28N4OS. The van der Waals surface area contributed by atoms with Crippen molar-refractivity contribution >= 4 is 17.3 Å². The van der Waals surface area contributed by atoms with Crippen LogP contribution in [0.25, 0.3) is 0 Å². The minimum Gasteiger partial charge on any atom is -0.377 e. The van der Waals surface area contributed by atoms with Crippen molar-refractivity contribution in [3.63, 3.8) is 0 Å². The molecule has 2 N–H and O–H groups in total. The van der Waals surface area contributed by atoms with Crippen LogP contribution in [0.4, 0.5) is 0 Å². The highest BCUT2D eigenvalue weighted by Crippen LogP contribution is 2.62. The standard InChI is InChI=1S/C18H28N4OS/c1-11(2)13-10-24-14(21-13)9-20-17(19-3)22-15-12-5-8-23-16(12)18(15)6-4-7-18/h10-12,15-16H,4-9H2,1-3H3,(H2,19,20,22). The van der Waals surface area contributed by atoms with Gasteiger partial charge in [0.25, 0.3) is 0 Å². The van der Waals surface area contributed by atoms with E-state index in [1.54, 1.807) is 11.3 Å². The molecule has 132 valence electrons. The smallest absolute Gasteiger partial charge is 0.191 e. The van der Waals surface area contributed by atoms with Gasteiger partial charge >= 0.3 is 0 Å². The number of hydrogen-bond acceptors (Lipinski definition) is 4. The molecule has 24 heavy (non-hydrogen) atoms. The highest BCUT2D eigenvalue weighted by molar-refractivity contribution is 7.09. The van der Waals surface area contributed by atoms with E-state index in [1.807, 2.05) is 7.05 Å². The molecule has 0 aromatic carbocycles. The van der Waals surface area contributed by atoms with Crippen LogP contribution in [0.3, 0.4) is 0 Å². The number of nitrogens with zero attached hydrogens (tertiary/aromatic N) is 2. The minimum absolute atomic E-state index is 0.380. The Balaban J connectivity index is 1.36. The number of aliphatic imine (C=N–C) groups is 1. The SMILES string of the molecule is CN=C(NCc1nc(C(C)C)cs1)NC1C2CCOC2C12CCC2. The normalized spacial score (nSPS) is 30.8. The number of rotatable bonds is 4. The molecule has 2 heterocycles. The first-order chi connectivity index (χ1) is 11.6. The molecule has 5 nitrogen and oxygen atoms in total. The number of aromatic nitrogens is 1. The summed E-state index contributed by atoms with van der Waals surface area (Å²) in [5.74, 6) is 2.05. The first-order valence-electron chi connectivity index (χ1n) is 9.17. The molecule has 0 amide bonds. The van der Waals surface area contributed by atoms with E-state index in [2.05, 4.69) is 34.9 Å². The van der Waals surface area contributed by atoms with Crippen molar-refractivity contribution in [1.82, 2.24) is 15.6 Å². The lowest BCUT2D eigenvalue weighted by atomic mass is 9.46. The van der Waals surface area contributed by atoms with Crippen LogP contribution < -0.4 is 10.6 Å². The average Bonchev–Trinajstić information content (AvgIpc) is 3.14. The van der Waals surface area contributed by atoms with Gasteiger partial charge in [-0.2, -0.15) is 0 Å². The van der Waals surface area contributed by atoms with Crippen molar-refractivity contribution < 1.29 is 4.74 Å². The Hall–Kier alpha value is -1.14. The quantitative estimate of drug-likeness (QED) is 0.649. The average molecular weight is 349 g/mol. The Morgan fingerprint density at radius 3 is 2.96 bits per heavy atom. The number of thiazole rings is 1. The summed E-state index contributed by atoms with van der Waals surface area (Å²) < 4.78 is 6.00. The summed E-state index contributed by atoms with van der Waals surface area (Å²) in [6.07, 6.45) is 5.62. The van der Waals surface area contributed by atoms with Crippen molar-refractivity contribution in [3.05, 3.63) is 16.1 Å². The summed E-state index contributed by atoms with van der Waals surface area (Å²) in [6, 6.07) is 0.521. The second kappa shape index (κ2) is 6.30. The lowest BCUT2D eigenvalue weighted by Gasteiger charge is -2.63. The van der Waals surface area contributed by atoms with E-state index in [0.29, 0.717) is 29.4 Å². The van der Waals surface area contributed by atoms with Crippen LogP contribution in [0, 0.1) is 11.3 Å². The van der Waals surface area contributed by atoms with E-state index < -0.39 is 0 Å². The maximum atomic E-state index is 6.00. The molecule has 2 aliphatic carbocycles. The number of fused-ring (bicyclic) bond motifs is 2. The zero-order valence-electron chi connectivity index (χ0n) is 14.8. The fourth-order valence-corrected chi connectivity index (χ4v) is 5.52. The molecule has 0 radical (unpaired) electrons. The lowest BCUT2D eigenvalue weighted by Crippen LogP contribution is -2.72. The summed E-state index contributed by atoms with van der Waals surface area (Å²) in [6.45, 7) is 6.03. The Morgan fingerprint density at radius 1 is 1.50 bits per heavy atom. The molecule has 1 saturated heterocycles. The van der Waals surface area contributed by atoms with Crippen LogP contribution >= 0.6 is 11.3 Å². The monoisotopic (exact) mass is 348 g/mol. The van der Waals surface area contributed by atoms with Gasteiger partial charge in [0, 0.05) is 36.4 Å². The zero-order valence-corrected chi connectivity index (χ0v) is 15.7. The van der Waals surface area contributed by atoms with Crippen molar-refractivity contribution in [2.24, 2.45) is 16.3 Å². The van der Waals surface area contributed by atoms with Gasteiger partial charge in [-0.05, 0) is 25.2 Å². The van der Waals surface area contributed by atoms with Crippen molar-refractivity contribution in [2.75, 3.05) is 13.7 Å². The van der Waals surface area contributed by atoms with E-state index in [4.69, 9.17) is 9.72 Å². The molecular weight excluding hydrogens is 320 g/mol. The van der Waals surface area contributed by atoms with Crippen LogP contribution in [0.5, 0.6) is 0 Å². The van der Waals surface area contributed by atoms with Gasteiger partial charge in [-0.15, -0.1) is 11.3 Å². The Morgan fingerprint density at radius 2 is 2.33 bits per heavy atom. The van der Waals surface area contributed by atoms with Crippen LogP contribution in [-0.2, 0) is 11.3 Å². The molecule has 1 aromatic rings. The maximum Gasteiger partial charge on any atom is 0.191 e. The molecule has 1 spiro atoms. The first kappa shape index (κ1) is 16.3. The van der Waals surface area contributed by atoms with Gasteiger partial charge in [-0.25, -0.2) is 4.98 Å². The minimum atomic E-state index is 0.380. The van der Waals surface area contributed by atoms with Gasteiger partial charge in [0.1, 0.15) is 5.01 Å². The summed E-state index contributed by atoms with van der Waals surface area (Å²) in [5.41, 5.74) is 1.56. The van der Waals surface area contributed by atoms with E-state index in [0.717, 1.165) is 24.1 Å². The van der Waals surface area contributed by atoms with Crippen LogP contribution in [0.2, 0.25) is 0 Å². The molecule has 3 unspecified atom stereocenters. The highest BCUT2D eigenvalue weighted by Gasteiger charge is 2.66. The molecule has 2 saturated carbocycles. The van der Waals surface area contributed by atoms with Gasteiger partial charge in [0.15, 0.2) is 5.96 Å². The first-order valence-corrected chi connectivity index (χ1v) is 10.0. The molecule has 0 bridgehead atoms. The molecule has 6 heteroatoms. The second-order valence-corrected chi connectivity index (χ2v) is 8.64. The van der Waals surface area contributed by atoms with Crippen molar-refractivity contribution in [3.8, 4) is 0 Å². The summed E-state index contributed by atoms with van der Waals surface area (Å²) in [4.78, 5) is 9.13. The third-order valence-electron chi connectivity index (χ3n) is 6.12. The van der Waals surface area contributed by atoms with Crippen molar-refractivity contribution in [1.29, 1.82) is 0 Å². The van der Waals surface area contributed by atoms with E-state index >= 15 is 0 Å². The fourth-order valence-electron chi connectivity index (χ4n) is 4.63. The molecule has 3 atom stereocenters. The lowest BCUT2D eigenvalue weighted by molar-refractivity contribution is -0.171. The fraction of sp³-hybridized carbons (Fsp3) is 0.778. The summed E-state index contributed by atoms with van der Waals surface area (Å²) in [7, 11) is 1.85. The third-order valence-corrected chi connectivity index (χ3v) is 6.99. The molecule has 1 aromatic heterocycles. The Labute approximate surface area is 148 Å². The Bertz CT molecular complexity index is 622. The van der Waals surface area contributed by atoms with Gasteiger partial charge in [0.05, 0.1) is 18.3 Å². The Kier molecular flexibility index (Phi) is 4.29. The number of guanidine groups is 1. The van der Waals surface area contributed by atoms with E-state index in [-0.39, 0.29) is 0 Å². The van der Waals surface area contributed by atoms with Crippen LogP contribution in [0.15, 0.2) is 10.4 Å². The number of ether oxygens (including phenoxy) is 1. The second-order valence-electron chi connectivity index (χ2n) is 7.70. The van der Waals surface area contributed by atoms with Gasteiger partial charge in [-0.1, -0.05) is 20.3 Å². The summed E-state index contributed by atoms with van der Waals surface area (Å²) >= 11 is 1.72. The predicted octanol–water partition coefficient (Wildman–Crippen LogP) is 2.89. The molecule has 4 rings (SSSR count). The number of nitrogens with one attached hydrogen (secondary N) is 2. The van der Waals surface area contributed by atoms with Gasteiger partial charge in [0.2, 0.25) is 0 Å². The molecule has 3 aliphatic rings. The molecule has 1 aliphatic heterocycles. The van der Waals surface area contributed by atoms with E-state index in [1.165, 1.54) is 31.4 Å². The number of hydrogen-bond donors (Lipinski definition) is 2. The largest absolute Gasteiger partial charge is 0.377 e. The van der Waals surface area contributed by atoms with Crippen LogP contribution in [0.1, 0.15) is 56.2 Å². The van der Waals surface area contributed by atoms with Crippen molar-refractivity contribution in [2.45, 2.75) is 64.1 Å². The van der Waals surface area contributed by atoms with Gasteiger partial charge < -0.3 is 15.4 Å². The van der Waals surface area contributed by atoms with Gasteiger partial charge in [-0.3, -0.25) is 4.99 Å². The van der Waals surface area contributed by atoms with E-state index in [9.17, 15) is 0 Å². The van der Waals surface area contributed by atoms with Crippen LogP contribution in [-0.4, -0.2) is 36.7 Å². The maximum absolute atomic E-state index is 6.00.